The first kappa shape index (κ1) is 23.9. The van der Waals surface area contributed by atoms with Crippen molar-refractivity contribution in [3.8, 4) is 11.3 Å². The van der Waals surface area contributed by atoms with Crippen LogP contribution in [0.4, 0.5) is 18.9 Å². The Morgan fingerprint density at radius 2 is 1.69 bits per heavy atom. The lowest BCUT2D eigenvalue weighted by molar-refractivity contribution is -0.384. The predicted molar refractivity (Wildman–Crippen MR) is 128 cm³/mol. The van der Waals surface area contributed by atoms with Gasteiger partial charge in [0.25, 0.3) is 11.6 Å². The van der Waals surface area contributed by atoms with Crippen LogP contribution in [0.25, 0.3) is 16.2 Å². The zero-order valence-electron chi connectivity index (χ0n) is 18.8. The first-order valence-electron chi connectivity index (χ1n) is 11.1. The molecule has 1 saturated heterocycles. The van der Waals surface area contributed by atoms with Crippen molar-refractivity contribution >= 4 is 27.9 Å². The Kier molecular flexibility index (Phi) is 6.22. The van der Waals surface area contributed by atoms with Crippen LogP contribution in [0.5, 0.6) is 0 Å². The molecule has 8 nitrogen and oxygen atoms in total. The smallest absolute Gasteiger partial charge is 0.336 e. The number of alkyl halides is 3. The second-order valence-corrected chi connectivity index (χ2v) is 9.28. The summed E-state index contributed by atoms with van der Waals surface area (Å²) in [7, 11) is 0. The van der Waals surface area contributed by atoms with Crippen LogP contribution in [-0.4, -0.2) is 56.2 Å². The van der Waals surface area contributed by atoms with Gasteiger partial charge in [-0.15, -0.1) is 11.3 Å². The van der Waals surface area contributed by atoms with Gasteiger partial charge in [-0.1, -0.05) is 0 Å². The number of hydrogen-bond acceptors (Lipinski definition) is 6. The van der Waals surface area contributed by atoms with Crippen molar-refractivity contribution in [2.75, 3.05) is 26.2 Å². The standard InChI is InChI=1S/C24H20F3N5O3S/c25-24(26,27)18-5-1-17(2-6-18)22(33)30-11-9-29(10-12-30)15-20-21(28-23-31(20)13-14-36-23)16-3-7-19(8-4-16)32(34)35/h1-8,13-14H,9-12,15H2. The van der Waals surface area contributed by atoms with E-state index >= 15 is 0 Å². The molecule has 0 unspecified atom stereocenters. The summed E-state index contributed by atoms with van der Waals surface area (Å²) in [5.41, 5.74) is 1.93. The average molecular weight is 516 g/mol. The molecule has 0 saturated carbocycles. The number of piperazine rings is 1. The van der Waals surface area contributed by atoms with Crippen LogP contribution in [0.2, 0.25) is 0 Å². The Balaban J connectivity index is 1.29. The molecule has 3 heterocycles. The number of thiazole rings is 1. The van der Waals surface area contributed by atoms with Gasteiger partial charge in [-0.2, -0.15) is 13.2 Å². The molecule has 1 aliphatic heterocycles. The van der Waals surface area contributed by atoms with Crippen LogP contribution in [0.1, 0.15) is 21.6 Å². The number of aromatic nitrogens is 2. The van der Waals surface area contributed by atoms with Crippen molar-refractivity contribution in [1.29, 1.82) is 0 Å². The Labute approximate surface area is 207 Å². The van der Waals surface area contributed by atoms with Crippen molar-refractivity contribution < 1.29 is 22.9 Å². The normalized spacial score (nSPS) is 14.9. The molecule has 0 bridgehead atoms. The van der Waals surface area contributed by atoms with Gasteiger partial charge in [0.05, 0.1) is 21.9 Å². The molecular weight excluding hydrogens is 495 g/mol. The average Bonchev–Trinajstić information content (AvgIpc) is 3.46. The van der Waals surface area contributed by atoms with E-state index in [2.05, 4.69) is 4.90 Å². The second-order valence-electron chi connectivity index (χ2n) is 8.41. The number of imidazole rings is 1. The zero-order valence-corrected chi connectivity index (χ0v) is 19.6. The number of hydrogen-bond donors (Lipinski definition) is 0. The molecule has 0 radical (unpaired) electrons. The number of halogens is 3. The summed E-state index contributed by atoms with van der Waals surface area (Å²) < 4.78 is 40.4. The van der Waals surface area contributed by atoms with Gasteiger partial charge in [-0.05, 0) is 36.4 Å². The molecule has 0 atom stereocenters. The fourth-order valence-electron chi connectivity index (χ4n) is 4.26. The van der Waals surface area contributed by atoms with E-state index in [-0.39, 0.29) is 17.2 Å². The molecule has 36 heavy (non-hydrogen) atoms. The van der Waals surface area contributed by atoms with E-state index in [0.29, 0.717) is 32.7 Å². The number of nitro groups is 1. The quantitative estimate of drug-likeness (QED) is 0.278. The van der Waals surface area contributed by atoms with Gasteiger partial charge in [0.15, 0.2) is 4.96 Å². The fourth-order valence-corrected chi connectivity index (χ4v) is 4.99. The van der Waals surface area contributed by atoms with Crippen molar-refractivity contribution in [2.45, 2.75) is 12.7 Å². The number of benzene rings is 2. The Morgan fingerprint density at radius 3 is 2.31 bits per heavy atom. The van der Waals surface area contributed by atoms with E-state index in [9.17, 15) is 28.1 Å². The molecule has 1 fully saturated rings. The molecule has 0 spiro atoms. The van der Waals surface area contributed by atoms with Crippen LogP contribution < -0.4 is 0 Å². The third kappa shape index (κ3) is 4.69. The number of carbonyl (C=O) groups excluding carboxylic acids is 1. The van der Waals surface area contributed by atoms with Crippen LogP contribution in [-0.2, 0) is 12.7 Å². The molecule has 5 rings (SSSR count). The Morgan fingerprint density at radius 1 is 1.03 bits per heavy atom. The minimum Gasteiger partial charge on any atom is -0.336 e. The topological polar surface area (TPSA) is 84.0 Å². The molecule has 2 aromatic heterocycles. The number of fused-ring (bicyclic) bond motifs is 1. The first-order valence-corrected chi connectivity index (χ1v) is 12.0. The summed E-state index contributed by atoms with van der Waals surface area (Å²) in [6.45, 7) is 2.62. The van der Waals surface area contributed by atoms with Gasteiger partial charge in [0, 0.05) is 67.6 Å². The van der Waals surface area contributed by atoms with Gasteiger partial charge < -0.3 is 4.90 Å². The molecular formula is C24H20F3N5O3S. The SMILES string of the molecule is O=C(c1ccc(C(F)(F)F)cc1)N1CCN(Cc2c(-c3ccc([N+](=O)[O-])cc3)nc3sccn23)CC1. The fraction of sp³-hybridized carbons (Fsp3) is 0.250. The Bertz CT molecular complexity index is 1410. The van der Waals surface area contributed by atoms with Gasteiger partial charge >= 0.3 is 6.18 Å². The number of nitrogens with zero attached hydrogens (tertiary/aromatic N) is 5. The molecule has 0 N–H and O–H groups in total. The number of carbonyl (C=O) groups is 1. The highest BCUT2D eigenvalue weighted by atomic mass is 32.1. The lowest BCUT2D eigenvalue weighted by Crippen LogP contribution is -2.48. The maximum Gasteiger partial charge on any atom is 0.416 e. The molecule has 1 aliphatic rings. The van der Waals surface area contributed by atoms with Crippen LogP contribution in [0, 0.1) is 10.1 Å². The first-order chi connectivity index (χ1) is 17.2. The van der Waals surface area contributed by atoms with Gasteiger partial charge in [0.1, 0.15) is 0 Å². The van der Waals surface area contributed by atoms with Gasteiger partial charge in [0.2, 0.25) is 0 Å². The lowest BCUT2D eigenvalue weighted by atomic mass is 10.1. The minimum absolute atomic E-state index is 0.00940. The third-order valence-corrected chi connectivity index (χ3v) is 6.96. The number of amides is 1. The van der Waals surface area contributed by atoms with Crippen molar-refractivity contribution in [1.82, 2.24) is 19.2 Å². The monoisotopic (exact) mass is 515 g/mol. The number of nitro benzene ring substituents is 1. The van der Waals surface area contributed by atoms with Crippen LogP contribution in [0.15, 0.2) is 60.1 Å². The summed E-state index contributed by atoms with van der Waals surface area (Å²) in [6, 6.07) is 10.6. The summed E-state index contributed by atoms with van der Waals surface area (Å²) in [5, 5.41) is 12.9. The summed E-state index contributed by atoms with van der Waals surface area (Å²) in [6.07, 6.45) is -2.51. The molecule has 186 valence electrons. The minimum atomic E-state index is -4.44. The van der Waals surface area contributed by atoms with E-state index in [1.807, 2.05) is 16.0 Å². The molecule has 1 amide bonds. The molecule has 2 aromatic carbocycles. The summed E-state index contributed by atoms with van der Waals surface area (Å²) in [4.78, 5) is 32.7. The van der Waals surface area contributed by atoms with E-state index in [4.69, 9.17) is 4.98 Å². The largest absolute Gasteiger partial charge is 0.416 e. The van der Waals surface area contributed by atoms with Gasteiger partial charge in [-0.25, -0.2) is 4.98 Å². The molecule has 4 aromatic rings. The summed E-state index contributed by atoms with van der Waals surface area (Å²) >= 11 is 1.49. The number of non-ortho nitro benzene ring substituents is 1. The van der Waals surface area contributed by atoms with Crippen molar-refractivity contribution in [3.63, 3.8) is 0 Å². The predicted octanol–water partition coefficient (Wildman–Crippen LogP) is 4.95. The van der Waals surface area contributed by atoms with E-state index in [1.165, 1.54) is 35.6 Å². The second kappa shape index (κ2) is 9.36. The maximum absolute atomic E-state index is 12.8. The van der Waals surface area contributed by atoms with Crippen molar-refractivity contribution in [2.24, 2.45) is 0 Å². The van der Waals surface area contributed by atoms with Crippen LogP contribution >= 0.6 is 11.3 Å². The third-order valence-electron chi connectivity index (χ3n) is 6.20. The van der Waals surface area contributed by atoms with E-state index < -0.39 is 16.7 Å². The van der Waals surface area contributed by atoms with E-state index in [0.717, 1.165) is 34.0 Å². The van der Waals surface area contributed by atoms with Crippen molar-refractivity contribution in [3.05, 3.63) is 87.0 Å². The van der Waals surface area contributed by atoms with E-state index in [1.54, 1.807) is 17.0 Å². The lowest BCUT2D eigenvalue weighted by Gasteiger charge is -2.34. The Hall–Kier alpha value is -3.77. The highest BCUT2D eigenvalue weighted by molar-refractivity contribution is 7.15. The maximum atomic E-state index is 12.8. The zero-order chi connectivity index (χ0) is 25.4. The molecule has 12 heteroatoms. The van der Waals surface area contributed by atoms with Gasteiger partial charge in [-0.3, -0.25) is 24.2 Å². The number of rotatable bonds is 5. The highest BCUT2D eigenvalue weighted by Gasteiger charge is 2.31. The molecule has 0 aliphatic carbocycles. The van der Waals surface area contributed by atoms with Crippen LogP contribution in [0.3, 0.4) is 0 Å². The summed E-state index contributed by atoms with van der Waals surface area (Å²) in [5.74, 6) is -0.292. The highest BCUT2D eigenvalue weighted by Crippen LogP contribution is 2.30.